The number of hydrogen-bond donors (Lipinski definition) is 1. The fraction of sp³-hybridized carbons (Fsp3) is 0.714. The van der Waals surface area contributed by atoms with Gasteiger partial charge in [0.1, 0.15) is 6.54 Å². The molecule has 0 bridgehead atoms. The fourth-order valence-corrected chi connectivity index (χ4v) is 0.725. The summed E-state index contributed by atoms with van der Waals surface area (Å²) >= 11 is 0. The Hall–Kier alpha value is -1.06. The van der Waals surface area contributed by atoms with E-state index in [-0.39, 0.29) is 13.4 Å². The van der Waals surface area contributed by atoms with Gasteiger partial charge < -0.3 is 10.0 Å². The number of rotatable bonds is 4. The van der Waals surface area contributed by atoms with Gasteiger partial charge in [-0.1, -0.05) is 6.92 Å². The van der Waals surface area contributed by atoms with Gasteiger partial charge in [-0.05, 0) is 6.42 Å². The Labute approximate surface area is 67.2 Å². The summed E-state index contributed by atoms with van der Waals surface area (Å²) < 4.78 is 6.78. The highest BCUT2D eigenvalue weighted by Crippen LogP contribution is 1.91. The average Bonchev–Trinajstić information content (AvgIpc) is 2.01. The average molecular weight is 161 g/mol. The molecule has 0 aliphatic heterocycles. The molecule has 1 N–H and O–H groups in total. The summed E-state index contributed by atoms with van der Waals surface area (Å²) in [6, 6.07) is 0. The lowest BCUT2D eigenvalue weighted by Crippen LogP contribution is -2.34. The molecule has 0 aromatic rings. The minimum Gasteiger partial charge on any atom is -0.480 e. The monoisotopic (exact) mass is 161 g/mol. The van der Waals surface area contributed by atoms with Gasteiger partial charge in [-0.2, -0.15) is 0 Å². The van der Waals surface area contributed by atoms with Crippen LogP contribution in [0.1, 0.15) is 21.6 Å². The highest BCUT2D eigenvalue weighted by molar-refractivity contribution is 5.79. The van der Waals surface area contributed by atoms with Crippen molar-refractivity contribution in [2.45, 2.75) is 20.2 Å². The van der Waals surface area contributed by atoms with Crippen molar-refractivity contribution in [2.75, 3.05) is 13.1 Å². The van der Waals surface area contributed by atoms with Gasteiger partial charge >= 0.3 is 5.97 Å². The highest BCUT2D eigenvalue weighted by atomic mass is 16.4. The van der Waals surface area contributed by atoms with Crippen LogP contribution in [0.25, 0.3) is 0 Å². The number of amides is 1. The van der Waals surface area contributed by atoms with E-state index in [1.54, 1.807) is 0 Å². The molecule has 0 unspecified atom stereocenters. The number of carbonyl (C=O) groups excluding carboxylic acids is 1. The van der Waals surface area contributed by atoms with Crippen LogP contribution in [0.3, 0.4) is 0 Å². The van der Waals surface area contributed by atoms with Crippen LogP contribution < -0.4 is 0 Å². The quantitative estimate of drug-likeness (QED) is 0.646. The SMILES string of the molecule is [3H]CC(=O)N(CCC)CC(=O)O. The Morgan fingerprint density at radius 3 is 2.64 bits per heavy atom. The van der Waals surface area contributed by atoms with Crippen molar-refractivity contribution >= 4 is 11.9 Å². The molecule has 0 aromatic heterocycles. The Balaban J connectivity index is 4.02. The standard InChI is InChI=1S/C7H13NO3/c1-3-4-8(6(2)9)5-7(10)11/h3-5H2,1-2H3,(H,10,11)/i2T. The third-order valence-electron chi connectivity index (χ3n) is 1.17. The molecule has 4 heteroatoms. The van der Waals surface area contributed by atoms with Gasteiger partial charge in [-0.15, -0.1) is 0 Å². The fourth-order valence-electron chi connectivity index (χ4n) is 0.725. The first-order valence-electron chi connectivity index (χ1n) is 4.11. The van der Waals surface area contributed by atoms with E-state index < -0.39 is 11.9 Å². The van der Waals surface area contributed by atoms with Gasteiger partial charge in [-0.25, -0.2) is 0 Å². The van der Waals surface area contributed by atoms with Crippen molar-refractivity contribution in [1.29, 1.82) is 0 Å². The molecule has 1 amide bonds. The van der Waals surface area contributed by atoms with E-state index in [0.717, 1.165) is 0 Å². The minimum absolute atomic E-state index is 0.300. The van der Waals surface area contributed by atoms with E-state index in [9.17, 15) is 9.59 Å². The molecule has 0 saturated heterocycles. The minimum atomic E-state index is -1.04. The Morgan fingerprint density at radius 2 is 2.27 bits per heavy atom. The predicted octanol–water partition coefficient (Wildman–Crippen LogP) is 0.330. The van der Waals surface area contributed by atoms with Crippen molar-refractivity contribution in [3.8, 4) is 0 Å². The number of hydrogen-bond acceptors (Lipinski definition) is 2. The van der Waals surface area contributed by atoms with Crippen LogP contribution in [0.5, 0.6) is 0 Å². The van der Waals surface area contributed by atoms with Gasteiger partial charge in [0.25, 0.3) is 0 Å². The maximum atomic E-state index is 10.9. The second kappa shape index (κ2) is 4.71. The van der Waals surface area contributed by atoms with Crippen LogP contribution in [0.4, 0.5) is 0 Å². The van der Waals surface area contributed by atoms with Crippen molar-refractivity contribution in [2.24, 2.45) is 0 Å². The highest BCUT2D eigenvalue weighted by Gasteiger charge is 2.10. The molecule has 4 nitrogen and oxygen atoms in total. The summed E-state index contributed by atoms with van der Waals surface area (Å²) in [5, 5.41) is 8.40. The van der Waals surface area contributed by atoms with E-state index in [2.05, 4.69) is 0 Å². The topological polar surface area (TPSA) is 57.6 Å². The van der Waals surface area contributed by atoms with Crippen molar-refractivity contribution in [3.63, 3.8) is 0 Å². The van der Waals surface area contributed by atoms with Gasteiger partial charge in [0.05, 0.1) is 0 Å². The zero-order valence-corrected chi connectivity index (χ0v) is 6.54. The summed E-state index contributed by atoms with van der Waals surface area (Å²) in [4.78, 5) is 22.3. The molecule has 0 aliphatic rings. The lowest BCUT2D eigenvalue weighted by molar-refractivity contribution is -0.143. The molecular weight excluding hydrogens is 146 g/mol. The van der Waals surface area contributed by atoms with Crippen molar-refractivity contribution in [3.05, 3.63) is 0 Å². The molecule has 0 fully saturated rings. The summed E-state index contributed by atoms with van der Waals surface area (Å²) in [5.41, 5.74) is 0. The van der Waals surface area contributed by atoms with Gasteiger partial charge in [0.15, 0.2) is 0 Å². The van der Waals surface area contributed by atoms with Crippen molar-refractivity contribution < 1.29 is 16.1 Å². The first-order chi connectivity index (χ1) is 5.61. The molecule has 0 atom stereocenters. The van der Waals surface area contributed by atoms with Crippen molar-refractivity contribution in [1.82, 2.24) is 4.90 Å². The lowest BCUT2D eigenvalue weighted by atomic mass is 10.4. The number of carbonyl (C=O) groups is 2. The second-order valence-electron chi connectivity index (χ2n) is 2.21. The van der Waals surface area contributed by atoms with E-state index in [1.807, 2.05) is 6.92 Å². The maximum Gasteiger partial charge on any atom is 0.323 e. The number of nitrogens with zero attached hydrogens (tertiary/aromatic N) is 1. The molecule has 0 aliphatic carbocycles. The molecule has 0 radical (unpaired) electrons. The molecule has 0 rings (SSSR count). The van der Waals surface area contributed by atoms with E-state index in [0.29, 0.717) is 13.0 Å². The third-order valence-corrected chi connectivity index (χ3v) is 1.17. The Bertz CT molecular complexity index is 172. The Morgan fingerprint density at radius 1 is 1.64 bits per heavy atom. The van der Waals surface area contributed by atoms with Crippen LogP contribution in [0.2, 0.25) is 0 Å². The predicted molar refractivity (Wildman–Crippen MR) is 40.2 cm³/mol. The normalized spacial score (nSPS) is 10.5. The molecule has 64 valence electrons. The largest absolute Gasteiger partial charge is 0.480 e. The summed E-state index contributed by atoms with van der Waals surface area (Å²) in [7, 11) is 0. The molecule has 11 heavy (non-hydrogen) atoms. The maximum absolute atomic E-state index is 10.9. The zero-order valence-electron chi connectivity index (χ0n) is 7.54. The van der Waals surface area contributed by atoms with Gasteiger partial charge in [0, 0.05) is 14.8 Å². The molecule has 0 heterocycles. The zero-order chi connectivity index (χ0) is 9.56. The van der Waals surface area contributed by atoms with E-state index >= 15 is 0 Å². The molecular formula is C7H13NO3. The van der Waals surface area contributed by atoms with Crippen LogP contribution in [0, 0.1) is 0 Å². The number of aliphatic carboxylic acids is 1. The first-order valence-corrected chi connectivity index (χ1v) is 3.40. The second-order valence-corrected chi connectivity index (χ2v) is 2.21. The Kier molecular flexibility index (Phi) is 3.44. The molecule has 0 aromatic carbocycles. The number of carboxylic acids is 1. The van der Waals surface area contributed by atoms with Crippen LogP contribution in [0.15, 0.2) is 0 Å². The molecule has 0 saturated carbocycles. The summed E-state index contributed by atoms with van der Waals surface area (Å²) in [6.45, 7) is 1.58. The summed E-state index contributed by atoms with van der Waals surface area (Å²) in [5.74, 6) is -1.47. The van der Waals surface area contributed by atoms with Crippen LogP contribution >= 0.6 is 0 Å². The van der Waals surface area contributed by atoms with Gasteiger partial charge in [-0.3, -0.25) is 9.59 Å². The lowest BCUT2D eigenvalue weighted by Gasteiger charge is -2.16. The van der Waals surface area contributed by atoms with Crippen LogP contribution in [-0.4, -0.2) is 35.0 Å². The molecule has 0 spiro atoms. The number of carboxylic acid groups (broad SMARTS) is 1. The van der Waals surface area contributed by atoms with Crippen LogP contribution in [-0.2, 0) is 9.59 Å². The van der Waals surface area contributed by atoms with E-state index in [4.69, 9.17) is 6.48 Å². The van der Waals surface area contributed by atoms with Gasteiger partial charge in [0.2, 0.25) is 5.91 Å². The van der Waals surface area contributed by atoms with E-state index in [1.165, 1.54) is 4.90 Å². The third kappa shape index (κ3) is 4.36. The summed E-state index contributed by atoms with van der Waals surface area (Å²) in [6.07, 6.45) is 0.707. The first kappa shape index (κ1) is 8.04. The smallest absolute Gasteiger partial charge is 0.323 e.